The van der Waals surface area contributed by atoms with Crippen LogP contribution in [0.4, 0.5) is 10.5 Å². The van der Waals surface area contributed by atoms with Gasteiger partial charge in [0, 0.05) is 45.3 Å². The number of urea groups is 1. The summed E-state index contributed by atoms with van der Waals surface area (Å²) in [5.41, 5.74) is 0.849. The van der Waals surface area contributed by atoms with Crippen molar-refractivity contribution in [1.29, 1.82) is 0 Å². The van der Waals surface area contributed by atoms with E-state index in [4.69, 9.17) is 0 Å². The molecule has 1 aromatic carbocycles. The molecule has 1 atom stereocenters. The molecule has 6 nitrogen and oxygen atoms in total. The molecule has 2 fully saturated rings. The normalized spacial score (nSPS) is 22.0. The molecule has 3 rings (SSSR count). The lowest BCUT2D eigenvalue weighted by molar-refractivity contribution is 0.157. The number of benzene rings is 1. The molecule has 0 radical (unpaired) electrons. The summed E-state index contributed by atoms with van der Waals surface area (Å²) in [6.07, 6.45) is 3.86. The van der Waals surface area contributed by atoms with Crippen molar-refractivity contribution in [3.63, 3.8) is 0 Å². The van der Waals surface area contributed by atoms with Gasteiger partial charge >= 0.3 is 6.03 Å². The number of anilines is 1. The first-order valence-corrected chi connectivity index (χ1v) is 9.45. The molecule has 2 saturated heterocycles. The number of hydrogen-bond acceptors (Lipinski definition) is 4. The lowest BCUT2D eigenvalue weighted by atomic mass is 10.0. The molecule has 6 heteroatoms. The Morgan fingerprint density at radius 2 is 1.92 bits per heavy atom. The summed E-state index contributed by atoms with van der Waals surface area (Å²) < 4.78 is 0. The number of carbonyl (C=O) groups is 1. The molecule has 0 saturated carbocycles. The van der Waals surface area contributed by atoms with Crippen LogP contribution in [-0.2, 0) is 0 Å². The number of carbonyl (C=O) groups excluding carboxylic acids is 1. The zero-order valence-electron chi connectivity index (χ0n) is 15.2. The predicted octanol–water partition coefficient (Wildman–Crippen LogP) is 2.10. The highest BCUT2D eigenvalue weighted by Crippen LogP contribution is 2.27. The third-order valence-corrected chi connectivity index (χ3v) is 5.41. The van der Waals surface area contributed by atoms with Crippen molar-refractivity contribution in [2.75, 3.05) is 50.7 Å². The number of piperazine rings is 1. The van der Waals surface area contributed by atoms with Gasteiger partial charge in [-0.1, -0.05) is 18.6 Å². The van der Waals surface area contributed by atoms with E-state index in [0.29, 0.717) is 31.4 Å². The molecule has 2 N–H and O–H groups in total. The topological polar surface area (TPSA) is 59.1 Å². The average Bonchev–Trinajstić information content (AvgIpc) is 2.64. The summed E-state index contributed by atoms with van der Waals surface area (Å²) in [6.45, 7) is 7.92. The summed E-state index contributed by atoms with van der Waals surface area (Å²) in [4.78, 5) is 18.8. The number of nitrogens with one attached hydrogen (secondary N) is 1. The first-order chi connectivity index (χ1) is 12.1. The number of phenolic OH excluding ortho intramolecular Hbond substituents is 1. The maximum atomic E-state index is 12.4. The van der Waals surface area contributed by atoms with E-state index in [1.54, 1.807) is 6.07 Å². The van der Waals surface area contributed by atoms with Crippen LogP contribution in [0.25, 0.3) is 0 Å². The molecule has 0 bridgehead atoms. The van der Waals surface area contributed by atoms with Crippen molar-refractivity contribution in [2.45, 2.75) is 32.2 Å². The number of rotatable bonds is 4. The molecule has 2 aliphatic rings. The largest absolute Gasteiger partial charge is 0.506 e. The molecule has 25 heavy (non-hydrogen) atoms. The van der Waals surface area contributed by atoms with Gasteiger partial charge in [-0.3, -0.25) is 4.90 Å². The number of aromatic hydroxyl groups is 1. The van der Waals surface area contributed by atoms with Gasteiger partial charge in [0.1, 0.15) is 5.75 Å². The molecule has 0 aliphatic carbocycles. The van der Waals surface area contributed by atoms with Crippen molar-refractivity contribution >= 4 is 11.7 Å². The molecular weight excluding hydrogens is 316 g/mol. The second-order valence-electron chi connectivity index (χ2n) is 7.08. The van der Waals surface area contributed by atoms with Crippen LogP contribution in [0, 0.1) is 0 Å². The Labute approximate surface area is 150 Å². The first-order valence-electron chi connectivity index (χ1n) is 9.45. The maximum absolute atomic E-state index is 12.4. The van der Waals surface area contributed by atoms with Gasteiger partial charge in [-0.15, -0.1) is 0 Å². The number of likely N-dealkylation sites (tertiary alicyclic amines) is 1. The van der Waals surface area contributed by atoms with Gasteiger partial charge in [-0.2, -0.15) is 0 Å². The van der Waals surface area contributed by atoms with E-state index < -0.39 is 0 Å². The van der Waals surface area contributed by atoms with Crippen LogP contribution in [-0.4, -0.2) is 72.8 Å². The van der Waals surface area contributed by atoms with E-state index in [0.717, 1.165) is 31.9 Å². The maximum Gasteiger partial charge on any atom is 0.317 e. The molecule has 2 heterocycles. The van der Waals surface area contributed by atoms with Gasteiger partial charge in [0.25, 0.3) is 0 Å². The fourth-order valence-corrected chi connectivity index (χ4v) is 3.79. The summed E-state index contributed by atoms with van der Waals surface area (Å²) in [7, 11) is 0. The Bertz CT molecular complexity index is 572. The summed E-state index contributed by atoms with van der Waals surface area (Å²) >= 11 is 0. The number of nitrogens with zero attached hydrogens (tertiary/aromatic N) is 3. The number of phenols is 1. The van der Waals surface area contributed by atoms with Crippen LogP contribution in [0.15, 0.2) is 24.3 Å². The summed E-state index contributed by atoms with van der Waals surface area (Å²) in [5.74, 6) is 0.302. The lowest BCUT2D eigenvalue weighted by Gasteiger charge is -2.37. The zero-order chi connectivity index (χ0) is 17.6. The predicted molar refractivity (Wildman–Crippen MR) is 100 cm³/mol. The van der Waals surface area contributed by atoms with Gasteiger partial charge in [0.15, 0.2) is 0 Å². The van der Waals surface area contributed by atoms with Crippen LogP contribution in [0.1, 0.15) is 26.2 Å². The van der Waals surface area contributed by atoms with E-state index in [9.17, 15) is 9.90 Å². The molecule has 0 spiro atoms. The molecular formula is C19H30N4O2. The minimum absolute atomic E-state index is 0.0293. The van der Waals surface area contributed by atoms with Crippen molar-refractivity contribution in [3.05, 3.63) is 24.3 Å². The molecule has 1 aromatic rings. The third kappa shape index (κ3) is 4.57. The Balaban J connectivity index is 1.40. The zero-order valence-corrected chi connectivity index (χ0v) is 15.2. The van der Waals surface area contributed by atoms with E-state index in [-0.39, 0.29) is 6.03 Å². The van der Waals surface area contributed by atoms with E-state index in [1.807, 2.05) is 23.1 Å². The van der Waals surface area contributed by atoms with Crippen LogP contribution >= 0.6 is 0 Å². The summed E-state index contributed by atoms with van der Waals surface area (Å²) in [6, 6.07) is 8.04. The van der Waals surface area contributed by atoms with Gasteiger partial charge in [0.2, 0.25) is 0 Å². The SMILES string of the molecule is C[C@H]1CCCCN1CCNC(=O)N1CCN(c2ccccc2O)CC1. The van der Waals surface area contributed by atoms with E-state index >= 15 is 0 Å². The number of para-hydroxylation sites is 2. The number of piperidine rings is 1. The molecule has 138 valence electrons. The quantitative estimate of drug-likeness (QED) is 0.877. The third-order valence-electron chi connectivity index (χ3n) is 5.41. The lowest BCUT2D eigenvalue weighted by Crippen LogP contribution is -2.53. The number of hydrogen-bond donors (Lipinski definition) is 2. The highest BCUT2D eigenvalue weighted by Gasteiger charge is 2.23. The van der Waals surface area contributed by atoms with Crippen molar-refractivity contribution in [3.8, 4) is 5.75 Å². The smallest absolute Gasteiger partial charge is 0.317 e. The standard InChI is InChI=1S/C19H30N4O2/c1-16-6-4-5-10-21(16)11-9-20-19(25)23-14-12-22(13-15-23)17-7-2-3-8-18(17)24/h2-3,7-8,16,24H,4-6,9-15H2,1H3,(H,20,25)/t16-/m0/s1. The highest BCUT2D eigenvalue weighted by molar-refractivity contribution is 5.74. The second kappa shape index (κ2) is 8.43. The Kier molecular flexibility index (Phi) is 6.02. The number of amides is 2. The Morgan fingerprint density at radius 1 is 1.16 bits per heavy atom. The summed E-state index contributed by atoms with van der Waals surface area (Å²) in [5, 5.41) is 13.0. The first kappa shape index (κ1) is 17.9. The average molecular weight is 346 g/mol. The van der Waals surface area contributed by atoms with E-state index in [1.165, 1.54) is 19.3 Å². The van der Waals surface area contributed by atoms with Gasteiger partial charge in [-0.05, 0) is 38.4 Å². The van der Waals surface area contributed by atoms with Gasteiger partial charge in [0.05, 0.1) is 5.69 Å². The fourth-order valence-electron chi connectivity index (χ4n) is 3.79. The van der Waals surface area contributed by atoms with Gasteiger partial charge in [-0.25, -0.2) is 4.79 Å². The minimum atomic E-state index is 0.0293. The second-order valence-corrected chi connectivity index (χ2v) is 7.08. The molecule has 2 aliphatic heterocycles. The van der Waals surface area contributed by atoms with Crippen LogP contribution in [0.3, 0.4) is 0 Å². The minimum Gasteiger partial charge on any atom is -0.506 e. The van der Waals surface area contributed by atoms with Crippen LogP contribution in [0.5, 0.6) is 5.75 Å². The van der Waals surface area contributed by atoms with Crippen molar-refractivity contribution < 1.29 is 9.90 Å². The molecule has 0 aromatic heterocycles. The van der Waals surface area contributed by atoms with Crippen molar-refractivity contribution in [1.82, 2.24) is 15.1 Å². The van der Waals surface area contributed by atoms with Gasteiger partial charge < -0.3 is 20.2 Å². The Morgan fingerprint density at radius 3 is 2.64 bits per heavy atom. The van der Waals surface area contributed by atoms with Crippen LogP contribution < -0.4 is 10.2 Å². The Hall–Kier alpha value is -1.95. The van der Waals surface area contributed by atoms with Crippen molar-refractivity contribution in [2.24, 2.45) is 0 Å². The molecule has 0 unspecified atom stereocenters. The molecule has 2 amide bonds. The highest BCUT2D eigenvalue weighted by atomic mass is 16.3. The fraction of sp³-hybridized carbons (Fsp3) is 0.632. The van der Waals surface area contributed by atoms with E-state index in [2.05, 4.69) is 22.0 Å². The van der Waals surface area contributed by atoms with Crippen LogP contribution in [0.2, 0.25) is 0 Å². The monoisotopic (exact) mass is 346 g/mol.